The van der Waals surface area contributed by atoms with Crippen LogP contribution in [0.25, 0.3) is 0 Å². The van der Waals surface area contributed by atoms with Gasteiger partial charge in [0.05, 0.1) is 10.7 Å². The molecule has 60 valence electrons. The molecule has 11 heavy (non-hydrogen) atoms. The van der Waals surface area contributed by atoms with Crippen LogP contribution in [0.3, 0.4) is 0 Å². The summed E-state index contributed by atoms with van der Waals surface area (Å²) in [7, 11) is 0. The molecule has 0 aromatic heterocycles. The molecule has 0 saturated carbocycles. The second-order valence-corrected chi connectivity index (χ2v) is 2.31. The highest BCUT2D eigenvalue weighted by atomic mass is 35.5. The summed E-state index contributed by atoms with van der Waals surface area (Å²) in [6.07, 6.45) is 0. The molecule has 0 unspecified atom stereocenters. The first kappa shape index (κ1) is 3.31. The minimum absolute atomic E-state index is 0.0255. The van der Waals surface area contributed by atoms with Crippen molar-refractivity contribution in [3.63, 3.8) is 0 Å². The number of hydrogen-bond donors (Lipinski definition) is 0. The second-order valence-electron chi connectivity index (χ2n) is 1.91. The number of benzene rings is 1. The van der Waals surface area contributed by atoms with Gasteiger partial charge in [-0.3, -0.25) is 0 Å². The molecule has 0 aliphatic carbocycles. The molecule has 1 nitrogen and oxygen atoms in total. The maximum Gasteiger partial charge on any atom is 0.148 e. The van der Waals surface area contributed by atoms with Gasteiger partial charge >= 0.3 is 0 Å². The van der Waals surface area contributed by atoms with Gasteiger partial charge in [-0.2, -0.15) is 0 Å². The molecule has 0 amide bonds. The molecule has 0 N–H and O–H groups in total. The Morgan fingerprint density at radius 1 is 1.55 bits per heavy atom. The van der Waals surface area contributed by atoms with E-state index < -0.39 is 25.5 Å². The van der Waals surface area contributed by atoms with Crippen molar-refractivity contribution in [2.45, 2.75) is 0 Å². The van der Waals surface area contributed by atoms with Crippen molar-refractivity contribution in [2.75, 3.05) is 18.9 Å². The zero-order valence-corrected chi connectivity index (χ0v) is 6.19. The highest BCUT2D eigenvalue weighted by Crippen LogP contribution is 2.26. The average Bonchev–Trinajstić information content (AvgIpc) is 2.06. The lowest BCUT2D eigenvalue weighted by Crippen LogP contribution is -2.10. The van der Waals surface area contributed by atoms with Crippen LogP contribution in [0.1, 0.15) is 8.22 Å². The smallest absolute Gasteiger partial charge is 0.148 e. The molecule has 0 bridgehead atoms. The van der Waals surface area contributed by atoms with Crippen molar-refractivity contribution in [3.05, 3.63) is 29.0 Å². The molecular formula is C8H9ClFN. The summed E-state index contributed by atoms with van der Waals surface area (Å²) >= 11 is 5.65. The van der Waals surface area contributed by atoms with Crippen LogP contribution in [-0.4, -0.2) is 14.0 Å². The topological polar surface area (TPSA) is 3.24 Å². The van der Waals surface area contributed by atoms with Crippen molar-refractivity contribution in [1.29, 1.82) is 0 Å². The van der Waals surface area contributed by atoms with Gasteiger partial charge in [0.15, 0.2) is 0 Å². The molecule has 0 atom stereocenters. The van der Waals surface area contributed by atoms with Gasteiger partial charge in [-0.25, -0.2) is 4.39 Å². The van der Waals surface area contributed by atoms with Crippen molar-refractivity contribution in [1.82, 2.24) is 0 Å². The molecule has 3 heteroatoms. The maximum absolute atomic E-state index is 13.5. The predicted molar refractivity (Wildman–Crippen MR) is 45.7 cm³/mol. The lowest BCUT2D eigenvalue weighted by molar-refractivity contribution is 0.626. The van der Waals surface area contributed by atoms with E-state index in [0.29, 0.717) is 0 Å². The monoisotopic (exact) mass is 179 g/mol. The molecule has 1 aromatic rings. The molecule has 0 spiro atoms. The van der Waals surface area contributed by atoms with E-state index in [9.17, 15) is 4.39 Å². The van der Waals surface area contributed by atoms with Gasteiger partial charge in [0.25, 0.3) is 0 Å². The molecule has 0 heterocycles. The fourth-order valence-corrected chi connectivity index (χ4v) is 0.950. The van der Waals surface area contributed by atoms with Crippen molar-refractivity contribution in [2.24, 2.45) is 0 Å². The Balaban J connectivity index is 3.44. The standard InChI is InChI=1S/C8H9ClFN/c1-11(2)8-6(9)4-3-5-7(8)10/h3-5H,1-2H3/i1D3,2D3. The third kappa shape index (κ3) is 1.63. The van der Waals surface area contributed by atoms with Gasteiger partial charge in [-0.05, 0) is 12.1 Å². The second kappa shape index (κ2) is 3.09. The summed E-state index contributed by atoms with van der Waals surface area (Å²) in [6, 6.07) is 3.44. The van der Waals surface area contributed by atoms with E-state index in [4.69, 9.17) is 19.8 Å². The molecule has 0 saturated heterocycles. The quantitative estimate of drug-likeness (QED) is 0.641. The molecule has 1 rings (SSSR count). The molecule has 0 fully saturated rings. The van der Waals surface area contributed by atoms with Crippen LogP contribution < -0.4 is 4.90 Å². The minimum atomic E-state index is -3.02. The molecule has 0 aliphatic rings. The van der Waals surface area contributed by atoms with Gasteiger partial charge in [-0.1, -0.05) is 17.7 Å². The number of halogens is 2. The van der Waals surface area contributed by atoms with E-state index in [-0.39, 0.29) is 9.92 Å². The fourth-order valence-electron chi connectivity index (χ4n) is 0.703. The zero-order valence-electron chi connectivity index (χ0n) is 11.4. The number of anilines is 1. The zero-order chi connectivity index (χ0) is 13.4. The highest BCUT2D eigenvalue weighted by Gasteiger charge is 2.06. The van der Waals surface area contributed by atoms with Crippen LogP contribution in [0.4, 0.5) is 10.1 Å². The Morgan fingerprint density at radius 3 is 2.82 bits per heavy atom. The Labute approximate surface area is 78.8 Å². The summed E-state index contributed by atoms with van der Waals surface area (Å²) < 4.78 is 56.4. The van der Waals surface area contributed by atoms with Crippen LogP contribution in [-0.2, 0) is 0 Å². The van der Waals surface area contributed by atoms with Crippen LogP contribution in [0.5, 0.6) is 0 Å². The Morgan fingerprint density at radius 2 is 2.27 bits per heavy atom. The van der Waals surface area contributed by atoms with E-state index in [1.165, 1.54) is 12.1 Å². The van der Waals surface area contributed by atoms with Crippen LogP contribution >= 0.6 is 11.6 Å². The van der Waals surface area contributed by atoms with Gasteiger partial charge in [0.1, 0.15) is 5.82 Å². The summed E-state index contributed by atoms with van der Waals surface area (Å²) in [4.78, 5) is 0.0255. The first-order valence-electron chi connectivity index (χ1n) is 5.79. The average molecular weight is 180 g/mol. The van der Waals surface area contributed by atoms with E-state index in [1.54, 1.807) is 0 Å². The highest BCUT2D eigenvalue weighted by molar-refractivity contribution is 6.33. The largest absolute Gasteiger partial charge is 0.374 e. The SMILES string of the molecule is [2H]C([2H])([2H])N(c1c(F)cccc1Cl)C([2H])([2H])[2H]. The summed E-state index contributed by atoms with van der Waals surface area (Å²) in [5.74, 6) is -0.996. The van der Waals surface area contributed by atoms with Gasteiger partial charge in [0.2, 0.25) is 0 Å². The van der Waals surface area contributed by atoms with Gasteiger partial charge in [-0.15, -0.1) is 0 Å². The van der Waals surface area contributed by atoms with E-state index in [0.717, 1.165) is 6.07 Å². The number of hydrogen-bond acceptors (Lipinski definition) is 1. The molecule has 0 radical (unpaired) electrons. The third-order valence-electron chi connectivity index (χ3n) is 1.16. The first-order chi connectivity index (χ1) is 7.55. The predicted octanol–water partition coefficient (Wildman–Crippen LogP) is 2.55. The first-order valence-corrected chi connectivity index (χ1v) is 3.17. The van der Waals surface area contributed by atoms with E-state index in [2.05, 4.69) is 0 Å². The fraction of sp³-hybridized carbons (Fsp3) is 0.250. The number of rotatable bonds is 1. The summed E-state index contributed by atoms with van der Waals surface area (Å²) in [6.45, 7) is -6.03. The van der Waals surface area contributed by atoms with Crippen LogP contribution in [0.2, 0.25) is 5.02 Å². The van der Waals surface area contributed by atoms with Crippen LogP contribution in [0, 0.1) is 5.82 Å². The van der Waals surface area contributed by atoms with Gasteiger partial charge < -0.3 is 4.90 Å². The van der Waals surface area contributed by atoms with Gasteiger partial charge in [0, 0.05) is 22.2 Å². The maximum atomic E-state index is 13.5. The summed E-state index contributed by atoms with van der Waals surface area (Å²) in [5.41, 5.74) is -0.644. The van der Waals surface area contributed by atoms with Crippen molar-refractivity contribution < 1.29 is 12.6 Å². The Hall–Kier alpha value is -0.760. The Kier molecular flexibility index (Phi) is 0.932. The molecule has 1 aromatic carbocycles. The number of para-hydroxylation sites is 1. The van der Waals surface area contributed by atoms with E-state index >= 15 is 0 Å². The minimum Gasteiger partial charge on any atom is -0.374 e. The normalized spacial score (nSPS) is 20.2. The van der Waals surface area contributed by atoms with E-state index in [1.807, 2.05) is 0 Å². The van der Waals surface area contributed by atoms with Crippen LogP contribution in [0.15, 0.2) is 18.2 Å². The summed E-state index contributed by atoms with van der Waals surface area (Å²) in [5, 5.41) is -0.266. The molecule has 0 aliphatic heterocycles. The number of nitrogens with zero attached hydrogens (tertiary/aromatic N) is 1. The van der Waals surface area contributed by atoms with Crippen molar-refractivity contribution >= 4 is 17.3 Å². The Bertz CT molecular complexity index is 381. The third-order valence-corrected chi connectivity index (χ3v) is 1.47. The molecular weight excluding hydrogens is 165 g/mol. The van der Waals surface area contributed by atoms with Crippen molar-refractivity contribution in [3.8, 4) is 0 Å². The lowest BCUT2D eigenvalue weighted by atomic mass is 10.3. The lowest BCUT2D eigenvalue weighted by Gasteiger charge is -2.14.